The summed E-state index contributed by atoms with van der Waals surface area (Å²) in [5.74, 6) is 2.05. The number of rotatable bonds is 6. The smallest absolute Gasteiger partial charge is 0.122 e. The number of nitrogens with zero attached hydrogens (tertiary/aromatic N) is 2. The maximum absolute atomic E-state index is 6.12. The third-order valence-electron chi connectivity index (χ3n) is 5.47. The summed E-state index contributed by atoms with van der Waals surface area (Å²) in [7, 11) is 0. The summed E-state index contributed by atoms with van der Waals surface area (Å²) < 4.78 is 8.42. The van der Waals surface area contributed by atoms with E-state index in [0.29, 0.717) is 6.61 Å². The number of benzene rings is 3. The van der Waals surface area contributed by atoms with Crippen LogP contribution in [0.1, 0.15) is 28.1 Å². The van der Waals surface area contributed by atoms with Gasteiger partial charge in [0.05, 0.1) is 17.6 Å². The summed E-state index contributed by atoms with van der Waals surface area (Å²) in [6.07, 6.45) is 0.824. The van der Waals surface area contributed by atoms with Gasteiger partial charge in [-0.3, -0.25) is 0 Å². The van der Waals surface area contributed by atoms with Crippen LogP contribution in [0.2, 0.25) is 0 Å². The van der Waals surface area contributed by atoms with Crippen LogP contribution in [-0.2, 0) is 13.0 Å². The Hall–Kier alpha value is -3.07. The number of aromatic nitrogens is 2. The van der Waals surface area contributed by atoms with E-state index in [2.05, 4.69) is 73.9 Å². The molecule has 0 unspecified atom stereocenters. The van der Waals surface area contributed by atoms with Crippen LogP contribution in [0.3, 0.4) is 0 Å². The highest BCUT2D eigenvalue weighted by Crippen LogP contribution is 2.22. The summed E-state index contributed by atoms with van der Waals surface area (Å²) in [4.78, 5) is 4.91. The van der Waals surface area contributed by atoms with E-state index < -0.39 is 0 Å². The van der Waals surface area contributed by atoms with Gasteiger partial charge in [0, 0.05) is 6.42 Å². The van der Waals surface area contributed by atoms with Crippen molar-refractivity contribution in [3.63, 3.8) is 0 Å². The number of hydrogen-bond donors (Lipinski definition) is 0. The van der Waals surface area contributed by atoms with Crippen LogP contribution < -0.4 is 4.74 Å². The predicted molar refractivity (Wildman–Crippen MR) is 115 cm³/mol. The zero-order chi connectivity index (χ0) is 19.5. The van der Waals surface area contributed by atoms with Crippen LogP contribution in [0.5, 0.6) is 5.75 Å². The van der Waals surface area contributed by atoms with Gasteiger partial charge in [0.15, 0.2) is 0 Å². The zero-order valence-electron chi connectivity index (χ0n) is 16.8. The van der Waals surface area contributed by atoms with Gasteiger partial charge < -0.3 is 9.30 Å². The molecule has 0 bridgehead atoms. The van der Waals surface area contributed by atoms with Crippen molar-refractivity contribution >= 4 is 11.0 Å². The largest absolute Gasteiger partial charge is 0.491 e. The first-order chi connectivity index (χ1) is 13.6. The molecule has 0 fully saturated rings. The van der Waals surface area contributed by atoms with Crippen molar-refractivity contribution in [3.05, 3.63) is 94.8 Å². The Balaban J connectivity index is 1.60. The molecule has 4 aromatic rings. The Morgan fingerprint density at radius 1 is 0.821 bits per heavy atom. The molecule has 0 saturated heterocycles. The van der Waals surface area contributed by atoms with Crippen molar-refractivity contribution in [2.75, 3.05) is 6.61 Å². The molecule has 3 nitrogen and oxygen atoms in total. The summed E-state index contributed by atoms with van der Waals surface area (Å²) in [5.41, 5.74) is 7.28. The Morgan fingerprint density at radius 3 is 2.43 bits per heavy atom. The van der Waals surface area contributed by atoms with Crippen molar-refractivity contribution in [3.8, 4) is 5.75 Å². The Labute approximate surface area is 166 Å². The summed E-state index contributed by atoms with van der Waals surface area (Å²) in [5, 5.41) is 0. The van der Waals surface area contributed by atoms with E-state index >= 15 is 0 Å². The number of para-hydroxylation sites is 2. The van der Waals surface area contributed by atoms with Gasteiger partial charge in [-0.25, -0.2) is 4.98 Å². The molecule has 0 spiro atoms. The lowest BCUT2D eigenvalue weighted by molar-refractivity contribution is 0.296. The van der Waals surface area contributed by atoms with Crippen molar-refractivity contribution in [2.45, 2.75) is 33.7 Å². The number of fused-ring (bicyclic) bond motifs is 1. The van der Waals surface area contributed by atoms with Gasteiger partial charge in [0.1, 0.15) is 18.2 Å². The summed E-state index contributed by atoms with van der Waals surface area (Å²) >= 11 is 0. The molecule has 1 aromatic heterocycles. The van der Waals surface area contributed by atoms with Crippen molar-refractivity contribution in [1.82, 2.24) is 9.55 Å². The number of hydrogen-bond acceptors (Lipinski definition) is 2. The average molecular weight is 370 g/mol. The molecule has 0 aliphatic rings. The Kier molecular flexibility index (Phi) is 5.16. The van der Waals surface area contributed by atoms with E-state index in [-0.39, 0.29) is 0 Å². The van der Waals surface area contributed by atoms with Gasteiger partial charge in [-0.2, -0.15) is 0 Å². The molecule has 142 valence electrons. The van der Waals surface area contributed by atoms with Crippen LogP contribution in [0.25, 0.3) is 11.0 Å². The van der Waals surface area contributed by atoms with Crippen LogP contribution in [0, 0.1) is 20.8 Å². The second-order valence-corrected chi connectivity index (χ2v) is 7.32. The topological polar surface area (TPSA) is 27.1 Å². The first-order valence-corrected chi connectivity index (χ1v) is 9.81. The second-order valence-electron chi connectivity index (χ2n) is 7.32. The molecular formula is C25H26N2O. The lowest BCUT2D eigenvalue weighted by Crippen LogP contribution is -2.12. The zero-order valence-corrected chi connectivity index (χ0v) is 16.8. The molecule has 3 heteroatoms. The van der Waals surface area contributed by atoms with Gasteiger partial charge >= 0.3 is 0 Å². The minimum absolute atomic E-state index is 0.616. The normalized spacial score (nSPS) is 11.1. The lowest BCUT2D eigenvalue weighted by atomic mass is 10.1. The van der Waals surface area contributed by atoms with E-state index in [1.54, 1.807) is 0 Å². The van der Waals surface area contributed by atoms with Crippen molar-refractivity contribution < 1.29 is 4.74 Å². The van der Waals surface area contributed by atoms with E-state index in [1.165, 1.54) is 22.3 Å². The molecule has 0 radical (unpaired) electrons. The SMILES string of the molecule is Cc1ccccc1Cc1nc2ccccc2n1CCOc1cccc(C)c1C. The molecule has 0 saturated carbocycles. The lowest BCUT2D eigenvalue weighted by Gasteiger charge is -2.14. The summed E-state index contributed by atoms with van der Waals surface area (Å²) in [6.45, 7) is 7.78. The van der Waals surface area contributed by atoms with Crippen molar-refractivity contribution in [1.29, 1.82) is 0 Å². The molecule has 1 heterocycles. The third kappa shape index (κ3) is 3.65. The van der Waals surface area contributed by atoms with Gasteiger partial charge in [0.25, 0.3) is 0 Å². The molecule has 0 aliphatic heterocycles. The van der Waals surface area contributed by atoms with Gasteiger partial charge in [-0.1, -0.05) is 48.5 Å². The Morgan fingerprint density at radius 2 is 1.57 bits per heavy atom. The van der Waals surface area contributed by atoms with E-state index in [9.17, 15) is 0 Å². The van der Waals surface area contributed by atoms with Gasteiger partial charge in [-0.05, 0) is 61.2 Å². The maximum Gasteiger partial charge on any atom is 0.122 e. The molecule has 0 amide bonds. The minimum Gasteiger partial charge on any atom is -0.491 e. The van der Waals surface area contributed by atoms with Crippen LogP contribution in [-0.4, -0.2) is 16.2 Å². The fourth-order valence-electron chi connectivity index (χ4n) is 3.62. The fourth-order valence-corrected chi connectivity index (χ4v) is 3.62. The Bertz CT molecular complexity index is 1110. The van der Waals surface area contributed by atoms with Crippen LogP contribution in [0.15, 0.2) is 66.7 Å². The summed E-state index contributed by atoms with van der Waals surface area (Å²) in [6, 6.07) is 23.1. The molecule has 0 atom stereocenters. The minimum atomic E-state index is 0.616. The quantitative estimate of drug-likeness (QED) is 0.440. The molecule has 28 heavy (non-hydrogen) atoms. The molecule has 0 aliphatic carbocycles. The monoisotopic (exact) mass is 370 g/mol. The van der Waals surface area contributed by atoms with E-state index in [0.717, 1.165) is 35.6 Å². The highest BCUT2D eigenvalue weighted by molar-refractivity contribution is 5.76. The highest BCUT2D eigenvalue weighted by Gasteiger charge is 2.12. The maximum atomic E-state index is 6.12. The molecule has 0 N–H and O–H groups in total. The first-order valence-electron chi connectivity index (χ1n) is 9.81. The predicted octanol–water partition coefficient (Wildman–Crippen LogP) is 5.63. The molecule has 4 rings (SSSR count). The number of ether oxygens (including phenoxy) is 1. The molecule has 3 aromatic carbocycles. The second kappa shape index (κ2) is 7.89. The first kappa shape index (κ1) is 18.3. The van der Waals surface area contributed by atoms with Gasteiger partial charge in [0.2, 0.25) is 0 Å². The van der Waals surface area contributed by atoms with E-state index in [4.69, 9.17) is 9.72 Å². The highest BCUT2D eigenvalue weighted by atomic mass is 16.5. The van der Waals surface area contributed by atoms with Crippen molar-refractivity contribution in [2.24, 2.45) is 0 Å². The van der Waals surface area contributed by atoms with Crippen LogP contribution in [0.4, 0.5) is 0 Å². The third-order valence-corrected chi connectivity index (χ3v) is 5.47. The standard InChI is InChI=1S/C25H26N2O/c1-18-10-8-14-24(20(18)3)28-16-15-27-23-13-7-6-12-22(23)26-25(27)17-21-11-5-4-9-19(21)2/h4-14H,15-17H2,1-3H3. The fraction of sp³-hybridized carbons (Fsp3) is 0.240. The molecular weight excluding hydrogens is 344 g/mol. The number of aryl methyl sites for hydroxylation is 2. The van der Waals surface area contributed by atoms with E-state index in [1.807, 2.05) is 18.2 Å². The van der Waals surface area contributed by atoms with Gasteiger partial charge in [-0.15, -0.1) is 0 Å². The van der Waals surface area contributed by atoms with Crippen LogP contribution >= 0.6 is 0 Å². The average Bonchev–Trinajstić information content (AvgIpc) is 3.04. The number of imidazole rings is 1.